The summed E-state index contributed by atoms with van der Waals surface area (Å²) in [6.45, 7) is 2.35. The molecular weight excluding hydrogens is 280 g/mol. The Kier molecular flexibility index (Phi) is 3.56. The van der Waals surface area contributed by atoms with Crippen LogP contribution in [0.25, 0.3) is 0 Å². The van der Waals surface area contributed by atoms with Gasteiger partial charge in [0.2, 0.25) is 0 Å². The van der Waals surface area contributed by atoms with Crippen molar-refractivity contribution < 1.29 is 0 Å². The monoisotopic (exact) mass is 292 g/mol. The van der Waals surface area contributed by atoms with E-state index in [-0.39, 0.29) is 0 Å². The van der Waals surface area contributed by atoms with Crippen molar-refractivity contribution in [2.24, 2.45) is 11.8 Å². The predicted molar refractivity (Wildman–Crippen MR) is 67.6 cm³/mol. The molecule has 3 heteroatoms. The molecule has 1 saturated carbocycles. The van der Waals surface area contributed by atoms with Crippen LogP contribution >= 0.6 is 38.9 Å². The summed E-state index contributed by atoms with van der Waals surface area (Å²) in [5.74, 6) is 1.64. The van der Waals surface area contributed by atoms with E-state index in [2.05, 4.69) is 28.9 Å². The van der Waals surface area contributed by atoms with Gasteiger partial charge in [-0.05, 0) is 43.2 Å². The molecule has 3 unspecified atom stereocenters. The third-order valence-electron chi connectivity index (χ3n) is 3.22. The molecule has 1 fully saturated rings. The highest BCUT2D eigenvalue weighted by atomic mass is 79.9. The quantitative estimate of drug-likeness (QED) is 0.690. The summed E-state index contributed by atoms with van der Waals surface area (Å²) < 4.78 is 0.918. The van der Waals surface area contributed by atoms with Gasteiger partial charge < -0.3 is 0 Å². The van der Waals surface area contributed by atoms with Gasteiger partial charge >= 0.3 is 0 Å². The molecule has 0 saturated heterocycles. The van der Waals surface area contributed by atoms with Gasteiger partial charge in [-0.15, -0.1) is 11.3 Å². The Labute approximate surface area is 103 Å². The average molecular weight is 294 g/mol. The number of thiophene rings is 1. The highest BCUT2D eigenvalue weighted by molar-refractivity contribution is 9.09. The molecule has 1 aliphatic rings. The van der Waals surface area contributed by atoms with Crippen LogP contribution in [-0.2, 0) is 6.42 Å². The first-order chi connectivity index (χ1) is 6.66. The molecule has 0 aliphatic heterocycles. The van der Waals surface area contributed by atoms with Crippen LogP contribution in [0.1, 0.15) is 24.6 Å². The van der Waals surface area contributed by atoms with E-state index in [0.717, 1.165) is 21.0 Å². The Morgan fingerprint density at radius 2 is 2.29 bits per heavy atom. The van der Waals surface area contributed by atoms with Crippen LogP contribution in [0.5, 0.6) is 0 Å². The van der Waals surface area contributed by atoms with Crippen molar-refractivity contribution in [1.82, 2.24) is 0 Å². The van der Waals surface area contributed by atoms with Crippen molar-refractivity contribution in [3.8, 4) is 0 Å². The van der Waals surface area contributed by atoms with Gasteiger partial charge in [-0.25, -0.2) is 0 Å². The summed E-state index contributed by atoms with van der Waals surface area (Å²) in [5.41, 5.74) is 0. The van der Waals surface area contributed by atoms with Gasteiger partial charge in [0.05, 0.1) is 4.34 Å². The number of hydrogen-bond acceptors (Lipinski definition) is 1. The van der Waals surface area contributed by atoms with Crippen molar-refractivity contribution in [2.75, 3.05) is 0 Å². The topological polar surface area (TPSA) is 0 Å². The van der Waals surface area contributed by atoms with Gasteiger partial charge in [-0.1, -0.05) is 34.5 Å². The van der Waals surface area contributed by atoms with E-state index in [1.165, 1.54) is 24.1 Å². The SMILES string of the molecule is CC1C(Br)CCC1Cc1ccc(Cl)s1. The molecule has 78 valence electrons. The Hall–Kier alpha value is 0.470. The van der Waals surface area contributed by atoms with Gasteiger partial charge in [0.1, 0.15) is 0 Å². The Morgan fingerprint density at radius 3 is 2.79 bits per heavy atom. The molecule has 0 spiro atoms. The van der Waals surface area contributed by atoms with E-state index < -0.39 is 0 Å². The Balaban J connectivity index is 1.98. The minimum absolute atomic E-state index is 0.725. The molecule has 0 bridgehead atoms. The van der Waals surface area contributed by atoms with E-state index in [1.54, 1.807) is 11.3 Å². The lowest BCUT2D eigenvalue weighted by molar-refractivity contribution is 0.426. The van der Waals surface area contributed by atoms with Crippen LogP contribution in [0, 0.1) is 11.8 Å². The third kappa shape index (κ3) is 2.34. The number of rotatable bonds is 2. The molecule has 0 aromatic carbocycles. The van der Waals surface area contributed by atoms with Crippen LogP contribution < -0.4 is 0 Å². The van der Waals surface area contributed by atoms with E-state index in [9.17, 15) is 0 Å². The zero-order valence-corrected chi connectivity index (χ0v) is 11.3. The van der Waals surface area contributed by atoms with E-state index in [4.69, 9.17) is 11.6 Å². The maximum absolute atomic E-state index is 5.92. The second-order valence-corrected chi connectivity index (χ2v) is 7.10. The standard InChI is InChI=1S/C11H14BrClS/c1-7-8(2-4-10(7)12)6-9-3-5-11(13)14-9/h3,5,7-8,10H,2,4,6H2,1H3. The van der Waals surface area contributed by atoms with Gasteiger partial charge in [-0.2, -0.15) is 0 Å². The van der Waals surface area contributed by atoms with Crippen LogP contribution in [0.2, 0.25) is 4.34 Å². The van der Waals surface area contributed by atoms with Crippen LogP contribution in [0.3, 0.4) is 0 Å². The zero-order valence-electron chi connectivity index (χ0n) is 8.17. The van der Waals surface area contributed by atoms with Gasteiger partial charge in [-0.3, -0.25) is 0 Å². The maximum atomic E-state index is 5.92. The average Bonchev–Trinajstić information content (AvgIpc) is 2.67. The molecule has 3 atom stereocenters. The molecule has 0 N–H and O–H groups in total. The van der Waals surface area contributed by atoms with Crippen molar-refractivity contribution in [3.63, 3.8) is 0 Å². The summed E-state index contributed by atoms with van der Waals surface area (Å²) in [6, 6.07) is 4.17. The fraction of sp³-hybridized carbons (Fsp3) is 0.636. The second-order valence-electron chi connectivity index (χ2n) is 4.12. The zero-order chi connectivity index (χ0) is 10.1. The molecule has 0 amide bonds. The maximum Gasteiger partial charge on any atom is 0.0931 e. The van der Waals surface area contributed by atoms with E-state index in [0.29, 0.717) is 0 Å². The lowest BCUT2D eigenvalue weighted by Gasteiger charge is -2.15. The summed E-state index contributed by atoms with van der Waals surface area (Å²) in [5, 5.41) is 0. The molecule has 1 aromatic heterocycles. The highest BCUT2D eigenvalue weighted by Gasteiger charge is 2.30. The molecule has 1 aromatic rings. The van der Waals surface area contributed by atoms with Crippen LogP contribution in [0.15, 0.2) is 12.1 Å². The first-order valence-corrected chi connectivity index (χ1v) is 7.16. The smallest absolute Gasteiger partial charge is 0.0931 e. The second kappa shape index (κ2) is 4.54. The van der Waals surface area contributed by atoms with Crippen LogP contribution in [-0.4, -0.2) is 4.83 Å². The number of halogens is 2. The number of hydrogen-bond donors (Lipinski definition) is 0. The predicted octanol–water partition coefficient (Wildman–Crippen LogP) is 4.75. The van der Waals surface area contributed by atoms with Crippen molar-refractivity contribution in [2.45, 2.75) is 31.0 Å². The van der Waals surface area contributed by atoms with Crippen molar-refractivity contribution in [1.29, 1.82) is 0 Å². The molecule has 0 nitrogen and oxygen atoms in total. The van der Waals surface area contributed by atoms with Gasteiger partial charge in [0, 0.05) is 9.70 Å². The van der Waals surface area contributed by atoms with Crippen molar-refractivity contribution >= 4 is 38.9 Å². The fourth-order valence-electron chi connectivity index (χ4n) is 2.20. The van der Waals surface area contributed by atoms with Crippen LogP contribution in [0.4, 0.5) is 0 Å². The van der Waals surface area contributed by atoms with Gasteiger partial charge in [0.15, 0.2) is 0 Å². The Bertz CT molecular complexity index is 310. The van der Waals surface area contributed by atoms with Crippen molar-refractivity contribution in [3.05, 3.63) is 21.3 Å². The minimum atomic E-state index is 0.725. The first-order valence-electron chi connectivity index (χ1n) is 5.05. The first kappa shape index (κ1) is 11.0. The summed E-state index contributed by atoms with van der Waals surface area (Å²) in [7, 11) is 0. The number of alkyl halides is 1. The normalized spacial score (nSPS) is 32.4. The molecule has 0 radical (unpaired) electrons. The molecule has 2 rings (SSSR count). The van der Waals surface area contributed by atoms with Gasteiger partial charge in [0.25, 0.3) is 0 Å². The lowest BCUT2D eigenvalue weighted by Crippen LogP contribution is -2.12. The summed E-state index contributed by atoms with van der Waals surface area (Å²) >= 11 is 11.4. The van der Waals surface area contributed by atoms with E-state index >= 15 is 0 Å². The molecule has 1 aliphatic carbocycles. The lowest BCUT2D eigenvalue weighted by atomic mass is 9.94. The largest absolute Gasteiger partial charge is 0.128 e. The molecule has 14 heavy (non-hydrogen) atoms. The minimum Gasteiger partial charge on any atom is -0.128 e. The Morgan fingerprint density at radius 1 is 1.50 bits per heavy atom. The molecular formula is C11H14BrClS. The molecule has 1 heterocycles. The van der Waals surface area contributed by atoms with E-state index in [1.807, 2.05) is 6.07 Å². The summed E-state index contributed by atoms with van der Waals surface area (Å²) in [6.07, 6.45) is 3.89. The fourth-order valence-corrected chi connectivity index (χ4v) is 4.08. The summed E-state index contributed by atoms with van der Waals surface area (Å²) in [4.78, 5) is 2.16. The third-order valence-corrected chi connectivity index (χ3v) is 5.76. The highest BCUT2D eigenvalue weighted by Crippen LogP contribution is 2.39.